The molecule has 0 saturated carbocycles. The number of aromatic nitrogens is 1. The van der Waals surface area contributed by atoms with Gasteiger partial charge >= 0.3 is 0 Å². The molecule has 0 bridgehead atoms. The third-order valence-corrected chi connectivity index (χ3v) is 4.87. The van der Waals surface area contributed by atoms with Crippen LogP contribution in [0.25, 0.3) is 0 Å². The number of nitrogens with one attached hydrogen (secondary N) is 1. The van der Waals surface area contributed by atoms with Crippen LogP contribution in [0, 0.1) is 6.92 Å². The van der Waals surface area contributed by atoms with Crippen LogP contribution in [0.15, 0.2) is 41.4 Å². The van der Waals surface area contributed by atoms with Gasteiger partial charge in [0, 0.05) is 12.2 Å². The Kier molecular flexibility index (Phi) is 4.51. The Hall–Kier alpha value is -1.63. The SMILES string of the molecule is Cc1ccc(C(C)NS(=O)(=O)c2cnc(N)c(Cl)c2)cc1. The quantitative estimate of drug-likeness (QED) is 0.905. The van der Waals surface area contributed by atoms with Gasteiger partial charge in [-0.1, -0.05) is 41.4 Å². The van der Waals surface area contributed by atoms with Crippen molar-refractivity contribution in [1.29, 1.82) is 0 Å². The predicted octanol–water partition coefficient (Wildman–Crippen LogP) is 2.67. The Morgan fingerprint density at radius 3 is 2.48 bits per heavy atom. The van der Waals surface area contributed by atoms with Crippen molar-refractivity contribution in [3.8, 4) is 0 Å². The van der Waals surface area contributed by atoms with Crippen LogP contribution in [-0.4, -0.2) is 13.4 Å². The van der Waals surface area contributed by atoms with E-state index in [9.17, 15) is 8.42 Å². The van der Waals surface area contributed by atoms with Crippen molar-refractivity contribution in [2.75, 3.05) is 5.73 Å². The second-order valence-corrected chi connectivity index (χ2v) is 6.91. The van der Waals surface area contributed by atoms with E-state index in [0.29, 0.717) is 0 Å². The van der Waals surface area contributed by atoms with E-state index >= 15 is 0 Å². The zero-order valence-electron chi connectivity index (χ0n) is 11.7. The number of benzene rings is 1. The molecule has 1 atom stereocenters. The summed E-state index contributed by atoms with van der Waals surface area (Å²) >= 11 is 5.81. The summed E-state index contributed by atoms with van der Waals surface area (Å²) in [6.07, 6.45) is 1.19. The topological polar surface area (TPSA) is 85.1 Å². The van der Waals surface area contributed by atoms with Crippen LogP contribution in [-0.2, 0) is 10.0 Å². The van der Waals surface area contributed by atoms with Crippen LogP contribution < -0.4 is 10.5 Å². The third kappa shape index (κ3) is 3.72. The zero-order valence-corrected chi connectivity index (χ0v) is 13.2. The van der Waals surface area contributed by atoms with E-state index in [1.807, 2.05) is 31.2 Å². The van der Waals surface area contributed by atoms with E-state index in [-0.39, 0.29) is 21.8 Å². The molecule has 0 radical (unpaired) electrons. The number of nitrogens with zero attached hydrogens (tertiary/aromatic N) is 1. The number of hydrogen-bond acceptors (Lipinski definition) is 4. The number of aryl methyl sites for hydroxylation is 1. The molecule has 0 aliphatic heterocycles. The number of nitrogens with two attached hydrogens (primary N) is 1. The Morgan fingerprint density at radius 2 is 1.90 bits per heavy atom. The van der Waals surface area contributed by atoms with Gasteiger partial charge in [0.1, 0.15) is 10.7 Å². The molecule has 2 rings (SSSR count). The minimum absolute atomic E-state index is 0.0133. The van der Waals surface area contributed by atoms with Crippen LogP contribution in [0.3, 0.4) is 0 Å². The van der Waals surface area contributed by atoms with Crippen LogP contribution >= 0.6 is 11.6 Å². The Balaban J connectivity index is 2.24. The molecule has 0 aliphatic carbocycles. The standard InChI is InChI=1S/C14H16ClN3O2S/c1-9-3-5-11(6-4-9)10(2)18-21(19,20)12-7-13(15)14(16)17-8-12/h3-8,10,18H,1-2H3,(H2,16,17). The monoisotopic (exact) mass is 325 g/mol. The fourth-order valence-electron chi connectivity index (χ4n) is 1.80. The molecule has 1 aromatic heterocycles. The molecular formula is C14H16ClN3O2S. The maximum absolute atomic E-state index is 12.3. The number of halogens is 1. The predicted molar refractivity (Wildman–Crippen MR) is 83.6 cm³/mol. The largest absolute Gasteiger partial charge is 0.382 e. The molecule has 112 valence electrons. The lowest BCUT2D eigenvalue weighted by atomic mass is 10.1. The molecule has 0 spiro atoms. The summed E-state index contributed by atoms with van der Waals surface area (Å²) in [6.45, 7) is 3.75. The first kappa shape index (κ1) is 15.8. The van der Waals surface area contributed by atoms with Gasteiger partial charge in [0.05, 0.1) is 5.02 Å². The highest BCUT2D eigenvalue weighted by Crippen LogP contribution is 2.22. The van der Waals surface area contributed by atoms with E-state index in [4.69, 9.17) is 17.3 Å². The Labute approximate surface area is 129 Å². The molecule has 1 unspecified atom stereocenters. The highest BCUT2D eigenvalue weighted by molar-refractivity contribution is 7.89. The number of hydrogen-bond donors (Lipinski definition) is 2. The van der Waals surface area contributed by atoms with E-state index < -0.39 is 10.0 Å². The maximum Gasteiger partial charge on any atom is 0.242 e. The first-order valence-corrected chi connectivity index (χ1v) is 8.15. The van der Waals surface area contributed by atoms with Gasteiger partial charge in [-0.25, -0.2) is 18.1 Å². The lowest BCUT2D eigenvalue weighted by Crippen LogP contribution is -2.27. The number of nitrogen functional groups attached to an aromatic ring is 1. The second kappa shape index (κ2) is 6.01. The van der Waals surface area contributed by atoms with E-state index in [0.717, 1.165) is 11.1 Å². The molecule has 1 aromatic carbocycles. The highest BCUT2D eigenvalue weighted by atomic mass is 35.5. The molecular weight excluding hydrogens is 310 g/mol. The molecule has 0 aliphatic rings. The summed E-state index contributed by atoms with van der Waals surface area (Å²) in [5.74, 6) is 0.0993. The average Bonchev–Trinajstić information content (AvgIpc) is 2.42. The fourth-order valence-corrected chi connectivity index (χ4v) is 3.23. The summed E-state index contributed by atoms with van der Waals surface area (Å²) in [5, 5.41) is 0.112. The van der Waals surface area contributed by atoms with Crippen LogP contribution in [0.2, 0.25) is 5.02 Å². The molecule has 0 saturated heterocycles. The molecule has 2 aromatic rings. The number of pyridine rings is 1. The van der Waals surface area contributed by atoms with Crippen LogP contribution in [0.5, 0.6) is 0 Å². The summed E-state index contributed by atoms with van der Waals surface area (Å²) in [6, 6.07) is 8.55. The van der Waals surface area contributed by atoms with Gasteiger partial charge in [-0.3, -0.25) is 0 Å². The van der Waals surface area contributed by atoms with Crippen molar-refractivity contribution in [2.24, 2.45) is 0 Å². The molecule has 0 fully saturated rings. The summed E-state index contributed by atoms with van der Waals surface area (Å²) in [7, 11) is -3.71. The molecule has 3 N–H and O–H groups in total. The average molecular weight is 326 g/mol. The van der Waals surface area contributed by atoms with Crippen molar-refractivity contribution in [1.82, 2.24) is 9.71 Å². The molecule has 7 heteroatoms. The first-order valence-electron chi connectivity index (χ1n) is 6.29. The molecule has 0 amide bonds. The maximum atomic E-state index is 12.3. The van der Waals surface area contributed by atoms with E-state index in [1.54, 1.807) is 6.92 Å². The first-order chi connectivity index (χ1) is 9.79. The lowest BCUT2D eigenvalue weighted by molar-refractivity contribution is 0.566. The van der Waals surface area contributed by atoms with Gasteiger partial charge in [0.15, 0.2) is 0 Å². The van der Waals surface area contributed by atoms with E-state index in [1.165, 1.54) is 12.3 Å². The van der Waals surface area contributed by atoms with Crippen molar-refractivity contribution in [3.63, 3.8) is 0 Å². The van der Waals surface area contributed by atoms with Crippen LogP contribution in [0.4, 0.5) is 5.82 Å². The fraction of sp³-hybridized carbons (Fsp3) is 0.214. The van der Waals surface area contributed by atoms with Gasteiger partial charge < -0.3 is 5.73 Å². The normalized spacial score (nSPS) is 13.1. The smallest absolute Gasteiger partial charge is 0.242 e. The van der Waals surface area contributed by atoms with Crippen molar-refractivity contribution in [2.45, 2.75) is 24.8 Å². The number of rotatable bonds is 4. The summed E-state index contributed by atoms with van der Waals surface area (Å²) < 4.78 is 27.2. The summed E-state index contributed by atoms with van der Waals surface area (Å²) in [4.78, 5) is 3.75. The second-order valence-electron chi connectivity index (χ2n) is 4.79. The molecule has 5 nitrogen and oxygen atoms in total. The van der Waals surface area contributed by atoms with Crippen LogP contribution in [0.1, 0.15) is 24.1 Å². The summed E-state index contributed by atoms with van der Waals surface area (Å²) in [5.41, 5.74) is 7.47. The van der Waals surface area contributed by atoms with Gasteiger partial charge in [-0.2, -0.15) is 0 Å². The highest BCUT2D eigenvalue weighted by Gasteiger charge is 2.19. The van der Waals surface area contributed by atoms with Crippen molar-refractivity contribution >= 4 is 27.4 Å². The van der Waals surface area contributed by atoms with Crippen molar-refractivity contribution in [3.05, 3.63) is 52.7 Å². The third-order valence-electron chi connectivity index (χ3n) is 3.06. The Morgan fingerprint density at radius 1 is 1.29 bits per heavy atom. The number of anilines is 1. The number of sulfonamides is 1. The minimum Gasteiger partial charge on any atom is -0.382 e. The zero-order chi connectivity index (χ0) is 15.6. The van der Waals surface area contributed by atoms with Gasteiger partial charge in [-0.05, 0) is 25.5 Å². The Bertz CT molecular complexity index is 745. The minimum atomic E-state index is -3.71. The lowest BCUT2D eigenvalue weighted by Gasteiger charge is -2.15. The van der Waals surface area contributed by atoms with Gasteiger partial charge in [-0.15, -0.1) is 0 Å². The van der Waals surface area contributed by atoms with Gasteiger partial charge in [0.25, 0.3) is 0 Å². The molecule has 1 heterocycles. The van der Waals surface area contributed by atoms with E-state index in [2.05, 4.69) is 9.71 Å². The molecule has 21 heavy (non-hydrogen) atoms. The van der Waals surface area contributed by atoms with Gasteiger partial charge in [0.2, 0.25) is 10.0 Å². The van der Waals surface area contributed by atoms with Crippen molar-refractivity contribution < 1.29 is 8.42 Å².